The van der Waals surface area contributed by atoms with E-state index < -0.39 is 0 Å². The third-order valence-electron chi connectivity index (χ3n) is 12.2. The van der Waals surface area contributed by atoms with Crippen LogP contribution in [0, 0.1) is 0 Å². The van der Waals surface area contributed by atoms with Crippen LogP contribution in [0.25, 0.3) is 121 Å². The molecule has 0 aliphatic rings. The average Bonchev–Trinajstić information content (AvgIpc) is 3.94. The van der Waals surface area contributed by atoms with Crippen LogP contribution in [-0.4, -0.2) is 18.9 Å². The summed E-state index contributed by atoms with van der Waals surface area (Å²) >= 11 is 0. The molecule has 0 bridgehead atoms. The van der Waals surface area contributed by atoms with Crippen LogP contribution in [0.1, 0.15) is 0 Å². The van der Waals surface area contributed by atoms with Gasteiger partial charge in [-0.15, -0.1) is 0 Å². The van der Waals surface area contributed by atoms with Crippen molar-refractivity contribution < 1.29 is 0 Å². The van der Waals surface area contributed by atoms with E-state index in [1.165, 1.54) is 81.5 Å². The number of aromatic nitrogens is 4. The summed E-state index contributed by atoms with van der Waals surface area (Å²) in [4.78, 5) is 10.7. The molecule has 0 amide bonds. The molecule has 0 spiro atoms. The maximum absolute atomic E-state index is 5.43. The summed E-state index contributed by atoms with van der Waals surface area (Å²) in [6, 6.07) is 69.9. The van der Waals surface area contributed by atoms with E-state index in [-0.39, 0.29) is 0 Å². The van der Waals surface area contributed by atoms with Crippen molar-refractivity contribution in [2.45, 2.75) is 0 Å². The zero-order valence-corrected chi connectivity index (χ0v) is 31.3. The van der Waals surface area contributed by atoms with Gasteiger partial charge in [0.05, 0.1) is 33.3 Å². The standard InChI is InChI=1S/C54H32N4/c1-3-14-33(15-4-1)34-26-28-35(29-27-34)45-32-48(56-54(55-45)36-16-5-2-6-17-36)57-46-25-12-11-22-42(46)50-52(57)40-21-10-9-20-39(40)49-43-24-13-23-41-44-30-37-18-7-8-19-38(37)31-47(44)58(51(41)43)53(49)50/h1-32H. The zero-order chi connectivity index (χ0) is 37.9. The van der Waals surface area contributed by atoms with Gasteiger partial charge in [0.15, 0.2) is 5.82 Å². The van der Waals surface area contributed by atoms with E-state index in [9.17, 15) is 0 Å². The predicted molar refractivity (Wildman–Crippen MR) is 242 cm³/mol. The van der Waals surface area contributed by atoms with E-state index in [2.05, 4.69) is 197 Å². The van der Waals surface area contributed by atoms with Gasteiger partial charge in [0.2, 0.25) is 0 Å². The Balaban J connectivity index is 1.18. The minimum Gasteiger partial charge on any atom is -0.307 e. The van der Waals surface area contributed by atoms with E-state index in [1.54, 1.807) is 0 Å². The highest BCUT2D eigenvalue weighted by molar-refractivity contribution is 6.39. The van der Waals surface area contributed by atoms with Crippen LogP contribution in [-0.2, 0) is 0 Å². The van der Waals surface area contributed by atoms with Gasteiger partial charge in [-0.1, -0.05) is 170 Å². The number of rotatable bonds is 4. The molecule has 13 aromatic rings. The fraction of sp³-hybridized carbons (Fsp3) is 0. The molecule has 4 heteroatoms. The van der Waals surface area contributed by atoms with Crippen LogP contribution in [0.5, 0.6) is 0 Å². The maximum atomic E-state index is 5.43. The lowest BCUT2D eigenvalue weighted by Crippen LogP contribution is -2.03. The van der Waals surface area contributed by atoms with E-state index in [0.29, 0.717) is 5.82 Å². The zero-order valence-electron chi connectivity index (χ0n) is 31.3. The van der Waals surface area contributed by atoms with Gasteiger partial charge >= 0.3 is 0 Å². The summed E-state index contributed by atoms with van der Waals surface area (Å²) < 4.78 is 4.95. The highest BCUT2D eigenvalue weighted by Crippen LogP contribution is 2.49. The minimum absolute atomic E-state index is 0.689. The highest BCUT2D eigenvalue weighted by atomic mass is 15.1. The van der Waals surface area contributed by atoms with E-state index in [4.69, 9.17) is 9.97 Å². The molecular formula is C54H32N4. The van der Waals surface area contributed by atoms with Crippen molar-refractivity contribution in [2.24, 2.45) is 0 Å². The smallest absolute Gasteiger partial charge is 0.162 e. The molecule has 268 valence electrons. The second kappa shape index (κ2) is 11.8. The lowest BCUT2D eigenvalue weighted by atomic mass is 9.98. The Bertz CT molecular complexity index is 3770. The summed E-state index contributed by atoms with van der Waals surface area (Å²) in [5.41, 5.74) is 11.2. The second-order valence-corrected chi connectivity index (χ2v) is 15.3. The van der Waals surface area contributed by atoms with Crippen LogP contribution in [0.4, 0.5) is 0 Å². The monoisotopic (exact) mass is 736 g/mol. The first kappa shape index (κ1) is 31.4. The molecule has 0 saturated carbocycles. The second-order valence-electron chi connectivity index (χ2n) is 15.3. The quantitative estimate of drug-likeness (QED) is 0.180. The van der Waals surface area contributed by atoms with Crippen molar-refractivity contribution in [1.82, 2.24) is 18.9 Å². The summed E-state index contributed by atoms with van der Waals surface area (Å²) in [6.07, 6.45) is 0. The summed E-state index contributed by atoms with van der Waals surface area (Å²) in [7, 11) is 0. The Kier molecular flexibility index (Phi) is 6.41. The number of hydrogen-bond donors (Lipinski definition) is 0. The molecule has 0 N–H and O–H groups in total. The van der Waals surface area contributed by atoms with Gasteiger partial charge in [0, 0.05) is 54.9 Å². The molecule has 0 radical (unpaired) electrons. The van der Waals surface area contributed by atoms with Crippen molar-refractivity contribution in [2.75, 3.05) is 0 Å². The number of fused-ring (bicyclic) bond motifs is 14. The summed E-state index contributed by atoms with van der Waals surface area (Å²) in [5, 5.41) is 12.4. The molecule has 0 aliphatic heterocycles. The van der Waals surface area contributed by atoms with Gasteiger partial charge in [-0.05, 0) is 45.5 Å². The van der Waals surface area contributed by atoms with Crippen molar-refractivity contribution >= 4 is 81.4 Å². The van der Waals surface area contributed by atoms with Crippen LogP contribution in [0.15, 0.2) is 194 Å². The third kappa shape index (κ3) is 4.34. The van der Waals surface area contributed by atoms with Gasteiger partial charge in [-0.25, -0.2) is 9.97 Å². The topological polar surface area (TPSA) is 35.1 Å². The largest absolute Gasteiger partial charge is 0.307 e. The molecule has 0 fully saturated rings. The van der Waals surface area contributed by atoms with E-state index in [0.717, 1.165) is 33.7 Å². The van der Waals surface area contributed by atoms with Crippen molar-refractivity contribution in [3.05, 3.63) is 194 Å². The number of para-hydroxylation sites is 2. The van der Waals surface area contributed by atoms with Gasteiger partial charge in [-0.3, -0.25) is 4.57 Å². The van der Waals surface area contributed by atoms with Crippen LogP contribution in [0.3, 0.4) is 0 Å². The molecule has 4 nitrogen and oxygen atoms in total. The van der Waals surface area contributed by atoms with Gasteiger partial charge in [-0.2, -0.15) is 0 Å². The molecule has 4 heterocycles. The molecule has 4 aromatic heterocycles. The van der Waals surface area contributed by atoms with E-state index >= 15 is 0 Å². The first-order valence-corrected chi connectivity index (χ1v) is 19.8. The Morgan fingerprint density at radius 1 is 0.328 bits per heavy atom. The van der Waals surface area contributed by atoms with E-state index in [1.807, 2.05) is 6.07 Å². The molecule has 9 aromatic carbocycles. The van der Waals surface area contributed by atoms with Gasteiger partial charge in [0.1, 0.15) is 5.82 Å². The Labute approximate surface area is 332 Å². The molecule has 58 heavy (non-hydrogen) atoms. The molecule has 0 unspecified atom stereocenters. The number of benzene rings is 9. The Morgan fingerprint density at radius 2 is 0.914 bits per heavy atom. The lowest BCUT2D eigenvalue weighted by molar-refractivity contribution is 1.05. The summed E-state index contributed by atoms with van der Waals surface area (Å²) in [6.45, 7) is 0. The average molecular weight is 737 g/mol. The lowest BCUT2D eigenvalue weighted by Gasteiger charge is -2.14. The Hall–Kier alpha value is -7.82. The predicted octanol–water partition coefficient (Wildman–Crippen LogP) is 14.0. The number of hydrogen-bond acceptors (Lipinski definition) is 2. The first-order valence-electron chi connectivity index (χ1n) is 19.8. The van der Waals surface area contributed by atoms with Gasteiger partial charge < -0.3 is 4.40 Å². The van der Waals surface area contributed by atoms with Crippen LogP contribution >= 0.6 is 0 Å². The van der Waals surface area contributed by atoms with Crippen LogP contribution in [0.2, 0.25) is 0 Å². The summed E-state index contributed by atoms with van der Waals surface area (Å²) in [5.74, 6) is 1.52. The molecular weight excluding hydrogens is 705 g/mol. The number of nitrogens with zero attached hydrogens (tertiary/aromatic N) is 4. The molecule has 0 atom stereocenters. The Morgan fingerprint density at radius 3 is 1.71 bits per heavy atom. The van der Waals surface area contributed by atoms with Crippen LogP contribution < -0.4 is 0 Å². The van der Waals surface area contributed by atoms with Crippen molar-refractivity contribution in [3.8, 4) is 39.6 Å². The third-order valence-corrected chi connectivity index (χ3v) is 12.2. The minimum atomic E-state index is 0.689. The molecule has 0 saturated heterocycles. The highest BCUT2D eigenvalue weighted by Gasteiger charge is 2.26. The maximum Gasteiger partial charge on any atom is 0.162 e. The fourth-order valence-electron chi connectivity index (χ4n) is 9.69. The van der Waals surface area contributed by atoms with Crippen molar-refractivity contribution in [1.29, 1.82) is 0 Å². The normalized spacial score (nSPS) is 12.1. The first-order chi connectivity index (χ1) is 28.8. The SMILES string of the molecule is c1ccc(-c2ccc(-c3cc(-n4c5ccccc5c5c4c4ccccc4c4c6cccc7c8cc9ccccc9cc8n(c76)c45)nc(-c4ccccc4)n3)cc2)cc1. The van der Waals surface area contributed by atoms with Gasteiger partial charge in [0.25, 0.3) is 0 Å². The molecule has 13 rings (SSSR count). The fourth-order valence-corrected chi connectivity index (χ4v) is 9.69. The van der Waals surface area contributed by atoms with Crippen molar-refractivity contribution in [3.63, 3.8) is 0 Å². The molecule has 0 aliphatic carbocycles.